The monoisotopic (exact) mass is 501 g/mol. The third kappa shape index (κ3) is 5.33. The number of aromatic nitrogens is 2. The Labute approximate surface area is 214 Å². The summed E-state index contributed by atoms with van der Waals surface area (Å²) in [5, 5.41) is 16.3. The zero-order valence-corrected chi connectivity index (χ0v) is 21.4. The molecular formula is C28H27N3O4S. The van der Waals surface area contributed by atoms with Gasteiger partial charge in [-0.3, -0.25) is 14.9 Å². The normalized spacial score (nSPS) is 11.5. The smallest absolute Gasteiger partial charge is 0.324 e. The highest BCUT2D eigenvalue weighted by molar-refractivity contribution is 7.99. The number of nitro benzene ring substituents is 1. The first-order chi connectivity index (χ1) is 17.2. The Morgan fingerprint density at radius 3 is 2.00 bits per heavy atom. The third-order valence-corrected chi connectivity index (χ3v) is 6.81. The minimum Gasteiger partial charge on any atom is -0.406 e. The first kappa shape index (κ1) is 25.2. The molecule has 7 nitrogen and oxygen atoms in total. The van der Waals surface area contributed by atoms with Crippen LogP contribution >= 0.6 is 11.8 Å². The van der Waals surface area contributed by atoms with Crippen LogP contribution in [0.2, 0.25) is 0 Å². The molecule has 0 aliphatic rings. The van der Waals surface area contributed by atoms with E-state index in [1.54, 1.807) is 22.9 Å². The lowest BCUT2D eigenvalue weighted by molar-refractivity contribution is -0.387. The minimum absolute atomic E-state index is 0.0193. The molecule has 1 heterocycles. The second-order valence-corrected chi connectivity index (χ2v) is 10.4. The lowest BCUT2D eigenvalue weighted by Crippen LogP contribution is -2.27. The molecule has 0 saturated carbocycles. The van der Waals surface area contributed by atoms with Crippen molar-refractivity contribution in [1.82, 2.24) is 9.78 Å². The van der Waals surface area contributed by atoms with Crippen LogP contribution in [0.5, 0.6) is 5.88 Å². The highest BCUT2D eigenvalue weighted by Gasteiger charge is 2.32. The van der Waals surface area contributed by atoms with Gasteiger partial charge in [-0.25, -0.2) is 4.68 Å². The molecule has 4 aromatic rings. The number of rotatable bonds is 7. The second kappa shape index (κ2) is 10.4. The van der Waals surface area contributed by atoms with E-state index in [1.807, 2.05) is 88.4 Å². The van der Waals surface area contributed by atoms with E-state index in [2.05, 4.69) is 5.10 Å². The molecule has 36 heavy (non-hydrogen) atoms. The first-order valence-corrected chi connectivity index (χ1v) is 12.3. The average molecular weight is 502 g/mol. The molecule has 8 heteroatoms. The predicted molar refractivity (Wildman–Crippen MR) is 140 cm³/mol. The third-order valence-electron chi connectivity index (χ3n) is 5.57. The van der Waals surface area contributed by atoms with Gasteiger partial charge in [-0.15, -0.1) is 0 Å². The quantitative estimate of drug-likeness (QED) is 0.158. The number of hydrogen-bond acceptors (Lipinski definition) is 6. The van der Waals surface area contributed by atoms with Crippen LogP contribution in [0.15, 0.2) is 94.7 Å². The van der Waals surface area contributed by atoms with Crippen molar-refractivity contribution in [2.45, 2.75) is 48.9 Å². The number of para-hydroxylation sites is 1. The van der Waals surface area contributed by atoms with Crippen LogP contribution in [0.1, 0.15) is 43.5 Å². The number of carbonyl (C=O) groups excluding carboxylic acids is 1. The van der Waals surface area contributed by atoms with Crippen molar-refractivity contribution in [1.29, 1.82) is 0 Å². The molecular weight excluding hydrogens is 474 g/mol. The topological polar surface area (TPSA) is 87.3 Å². The molecule has 3 aromatic carbocycles. The van der Waals surface area contributed by atoms with Crippen molar-refractivity contribution in [2.24, 2.45) is 0 Å². The van der Waals surface area contributed by atoms with Gasteiger partial charge in [-0.2, -0.15) is 5.10 Å². The van der Waals surface area contributed by atoms with Gasteiger partial charge in [0.1, 0.15) is 5.92 Å². The van der Waals surface area contributed by atoms with E-state index in [0.717, 1.165) is 11.1 Å². The van der Waals surface area contributed by atoms with Gasteiger partial charge in [0, 0.05) is 6.07 Å². The number of esters is 1. The lowest BCUT2D eigenvalue weighted by atomic mass is 9.91. The maximum absolute atomic E-state index is 13.8. The first-order valence-electron chi connectivity index (χ1n) is 11.5. The Hall–Kier alpha value is -3.91. The SMILES string of the molecule is Cc1nn(C(C)(C)C)c(OC(=O)C(c2ccccc2)c2ccccc2)c1Sc1ccccc1[N+](=O)[O-]. The molecule has 0 N–H and O–H groups in total. The highest BCUT2D eigenvalue weighted by atomic mass is 32.2. The Bertz CT molecular complexity index is 1340. The number of nitrogens with zero attached hydrogens (tertiary/aromatic N) is 3. The van der Waals surface area contributed by atoms with Gasteiger partial charge in [0.2, 0.25) is 5.88 Å². The predicted octanol–water partition coefficient (Wildman–Crippen LogP) is 6.74. The van der Waals surface area contributed by atoms with Gasteiger partial charge in [0.25, 0.3) is 5.69 Å². The largest absolute Gasteiger partial charge is 0.406 e. The molecule has 0 bridgehead atoms. The maximum atomic E-state index is 13.8. The molecule has 184 valence electrons. The van der Waals surface area contributed by atoms with Crippen molar-refractivity contribution in [3.8, 4) is 5.88 Å². The standard InChI is InChI=1S/C28H27N3O4S/c1-19-25(36-23-18-12-11-17-22(23)31(33)34)26(30(29-19)28(2,3)4)35-27(32)24(20-13-7-5-8-14-20)21-15-9-6-10-16-21/h5-18,24H,1-4H3. The van der Waals surface area contributed by atoms with Gasteiger partial charge in [-0.1, -0.05) is 84.6 Å². The molecule has 4 rings (SSSR count). The molecule has 1 aromatic heterocycles. The summed E-state index contributed by atoms with van der Waals surface area (Å²) in [6.07, 6.45) is 0. The Kier molecular flexibility index (Phi) is 7.26. The summed E-state index contributed by atoms with van der Waals surface area (Å²) in [6, 6.07) is 25.4. The van der Waals surface area contributed by atoms with Crippen LogP contribution in [-0.4, -0.2) is 20.7 Å². The molecule has 0 aliphatic carbocycles. The van der Waals surface area contributed by atoms with Crippen LogP contribution in [-0.2, 0) is 10.3 Å². The van der Waals surface area contributed by atoms with E-state index in [0.29, 0.717) is 15.5 Å². The number of hydrogen-bond donors (Lipinski definition) is 0. The van der Waals surface area contributed by atoms with E-state index in [4.69, 9.17) is 4.74 Å². The van der Waals surface area contributed by atoms with E-state index in [-0.39, 0.29) is 11.6 Å². The van der Waals surface area contributed by atoms with Gasteiger partial charge >= 0.3 is 5.97 Å². The summed E-state index contributed by atoms with van der Waals surface area (Å²) >= 11 is 1.18. The van der Waals surface area contributed by atoms with E-state index in [9.17, 15) is 14.9 Å². The molecule has 0 saturated heterocycles. The number of benzene rings is 3. The molecule has 0 aliphatic heterocycles. The fraction of sp³-hybridized carbons (Fsp3) is 0.214. The zero-order valence-electron chi connectivity index (χ0n) is 20.5. The van der Waals surface area contributed by atoms with Gasteiger partial charge in [0.05, 0.1) is 25.9 Å². The Balaban J connectivity index is 1.80. The summed E-state index contributed by atoms with van der Waals surface area (Å²) in [5.41, 5.74) is 1.71. The van der Waals surface area contributed by atoms with Crippen LogP contribution < -0.4 is 4.74 Å². The van der Waals surface area contributed by atoms with Crippen molar-refractivity contribution in [3.05, 3.63) is 112 Å². The number of nitro groups is 1. The van der Waals surface area contributed by atoms with E-state index >= 15 is 0 Å². The Morgan fingerprint density at radius 1 is 0.944 bits per heavy atom. The van der Waals surface area contributed by atoms with Crippen molar-refractivity contribution in [2.75, 3.05) is 0 Å². The van der Waals surface area contributed by atoms with Gasteiger partial charge in [-0.05, 0) is 44.9 Å². The molecule has 0 spiro atoms. The summed E-state index contributed by atoms with van der Waals surface area (Å²) in [7, 11) is 0. The number of aryl methyl sites for hydroxylation is 1. The average Bonchev–Trinajstić information content (AvgIpc) is 3.16. The van der Waals surface area contributed by atoms with Crippen molar-refractivity contribution >= 4 is 23.4 Å². The van der Waals surface area contributed by atoms with Gasteiger partial charge in [0.15, 0.2) is 0 Å². The molecule has 0 radical (unpaired) electrons. The molecule has 0 atom stereocenters. The number of ether oxygens (including phenoxy) is 1. The van der Waals surface area contributed by atoms with Crippen molar-refractivity contribution in [3.63, 3.8) is 0 Å². The molecule has 0 fully saturated rings. The van der Waals surface area contributed by atoms with Crippen LogP contribution in [0.4, 0.5) is 5.69 Å². The zero-order chi connectivity index (χ0) is 25.9. The highest BCUT2D eigenvalue weighted by Crippen LogP contribution is 2.43. The van der Waals surface area contributed by atoms with Crippen molar-refractivity contribution < 1.29 is 14.5 Å². The van der Waals surface area contributed by atoms with Crippen LogP contribution in [0.25, 0.3) is 0 Å². The fourth-order valence-electron chi connectivity index (χ4n) is 3.87. The van der Waals surface area contributed by atoms with Crippen LogP contribution in [0, 0.1) is 17.0 Å². The summed E-state index contributed by atoms with van der Waals surface area (Å²) in [6.45, 7) is 7.69. The van der Waals surface area contributed by atoms with Gasteiger partial charge < -0.3 is 4.74 Å². The Morgan fingerprint density at radius 2 is 1.47 bits per heavy atom. The maximum Gasteiger partial charge on any atom is 0.324 e. The van der Waals surface area contributed by atoms with E-state index in [1.165, 1.54) is 17.8 Å². The number of carbonyl (C=O) groups is 1. The fourth-order valence-corrected chi connectivity index (χ4v) is 4.89. The summed E-state index contributed by atoms with van der Waals surface area (Å²) < 4.78 is 7.81. The second-order valence-electron chi connectivity index (χ2n) is 9.30. The summed E-state index contributed by atoms with van der Waals surface area (Å²) in [5.74, 6) is -0.841. The van der Waals surface area contributed by atoms with Crippen LogP contribution in [0.3, 0.4) is 0 Å². The lowest BCUT2D eigenvalue weighted by Gasteiger charge is -2.23. The minimum atomic E-state index is -0.653. The summed E-state index contributed by atoms with van der Waals surface area (Å²) in [4.78, 5) is 26.0. The molecule has 0 unspecified atom stereocenters. The molecule has 0 amide bonds. The van der Waals surface area contributed by atoms with E-state index < -0.39 is 22.3 Å².